The highest BCUT2D eigenvalue weighted by atomic mass is 35.5. The van der Waals surface area contributed by atoms with Gasteiger partial charge in [0, 0.05) is 5.56 Å². The highest BCUT2D eigenvalue weighted by Crippen LogP contribution is 2.38. The molecule has 0 saturated carbocycles. The number of hydrogen-bond donors (Lipinski definition) is 1. The maximum Gasteiger partial charge on any atom is 0.259 e. The lowest BCUT2D eigenvalue weighted by Gasteiger charge is -2.09. The summed E-state index contributed by atoms with van der Waals surface area (Å²) in [6.07, 6.45) is 0. The van der Waals surface area contributed by atoms with E-state index in [0.717, 1.165) is 0 Å². The third-order valence-corrected chi connectivity index (χ3v) is 4.10. The first-order chi connectivity index (χ1) is 9.49. The van der Waals surface area contributed by atoms with Crippen molar-refractivity contribution in [3.63, 3.8) is 0 Å². The summed E-state index contributed by atoms with van der Waals surface area (Å²) < 4.78 is 0. The lowest BCUT2D eigenvalue weighted by molar-refractivity contribution is 0.0880. The van der Waals surface area contributed by atoms with E-state index in [-0.39, 0.29) is 0 Å². The maximum atomic E-state index is 11.9. The van der Waals surface area contributed by atoms with Crippen molar-refractivity contribution in [1.82, 2.24) is 5.32 Å². The number of hydrogen-bond acceptors (Lipinski definition) is 2. The molecule has 2 amide bonds. The monoisotopic (exact) mass is 325 g/mol. The molecule has 3 nitrogen and oxygen atoms in total. The van der Waals surface area contributed by atoms with Gasteiger partial charge in [0.15, 0.2) is 0 Å². The molecule has 0 saturated heterocycles. The molecular weight excluding hydrogens is 321 g/mol. The minimum Gasteiger partial charge on any atom is -0.288 e. The van der Waals surface area contributed by atoms with Crippen molar-refractivity contribution in [2.45, 2.75) is 0 Å². The number of fused-ring (bicyclic) bond motifs is 1. The van der Waals surface area contributed by atoms with Crippen LogP contribution in [0.25, 0.3) is 11.1 Å². The van der Waals surface area contributed by atoms with Crippen LogP contribution in [0.4, 0.5) is 0 Å². The number of benzene rings is 2. The first-order valence-corrected chi connectivity index (χ1v) is 6.76. The van der Waals surface area contributed by atoms with Gasteiger partial charge < -0.3 is 0 Å². The van der Waals surface area contributed by atoms with Gasteiger partial charge in [-0.1, -0.05) is 46.9 Å². The van der Waals surface area contributed by atoms with E-state index in [2.05, 4.69) is 5.32 Å². The number of halogens is 3. The Balaban J connectivity index is 2.30. The lowest BCUT2D eigenvalue weighted by Crippen LogP contribution is -2.20. The average molecular weight is 327 g/mol. The quantitative estimate of drug-likeness (QED) is 0.630. The van der Waals surface area contributed by atoms with Crippen LogP contribution >= 0.6 is 34.8 Å². The Morgan fingerprint density at radius 2 is 1.40 bits per heavy atom. The first-order valence-electron chi connectivity index (χ1n) is 5.62. The molecule has 0 aliphatic carbocycles. The van der Waals surface area contributed by atoms with Crippen molar-refractivity contribution in [2.75, 3.05) is 0 Å². The van der Waals surface area contributed by atoms with E-state index >= 15 is 0 Å². The summed E-state index contributed by atoms with van der Waals surface area (Å²) >= 11 is 18.0. The smallest absolute Gasteiger partial charge is 0.259 e. The molecule has 20 heavy (non-hydrogen) atoms. The second-order valence-corrected chi connectivity index (χ2v) is 5.48. The molecule has 0 fully saturated rings. The van der Waals surface area contributed by atoms with Gasteiger partial charge in [-0.05, 0) is 23.8 Å². The SMILES string of the molecule is O=C1NC(=O)c2c1cccc2-c1cc(Cl)c(Cl)cc1Cl. The summed E-state index contributed by atoms with van der Waals surface area (Å²) in [5.74, 6) is -0.856. The van der Waals surface area contributed by atoms with E-state index < -0.39 is 11.8 Å². The topological polar surface area (TPSA) is 46.2 Å². The second kappa shape index (κ2) is 4.77. The number of imide groups is 1. The minimum absolute atomic E-state index is 0.304. The van der Waals surface area contributed by atoms with Gasteiger partial charge >= 0.3 is 0 Å². The molecule has 0 bridgehead atoms. The molecule has 6 heteroatoms. The second-order valence-electron chi connectivity index (χ2n) is 4.26. The standard InChI is InChI=1S/C14H6Cl3NO2/c15-9-5-11(17)10(16)4-8(9)6-2-1-3-7-12(6)14(20)18-13(7)19/h1-5H,(H,18,19,20). The Morgan fingerprint density at radius 3 is 2.15 bits per heavy atom. The fraction of sp³-hybridized carbons (Fsp3) is 0. The molecular formula is C14H6Cl3NO2. The van der Waals surface area contributed by atoms with Crippen molar-refractivity contribution < 1.29 is 9.59 Å². The van der Waals surface area contributed by atoms with E-state index in [1.165, 1.54) is 6.07 Å². The van der Waals surface area contributed by atoms with Crippen LogP contribution in [0.2, 0.25) is 15.1 Å². The van der Waals surface area contributed by atoms with E-state index in [4.69, 9.17) is 34.8 Å². The molecule has 1 N–H and O–H groups in total. The van der Waals surface area contributed by atoms with Gasteiger partial charge in [-0.25, -0.2) is 0 Å². The highest BCUT2D eigenvalue weighted by molar-refractivity contribution is 6.44. The summed E-state index contributed by atoms with van der Waals surface area (Å²) in [5, 5.41) is 3.27. The zero-order valence-corrected chi connectivity index (χ0v) is 12.1. The van der Waals surface area contributed by atoms with Gasteiger partial charge in [0.25, 0.3) is 11.8 Å². The molecule has 100 valence electrons. The predicted octanol–water partition coefficient (Wildman–Crippen LogP) is 4.20. The summed E-state index contributed by atoms with van der Waals surface area (Å²) in [5.41, 5.74) is 1.74. The van der Waals surface area contributed by atoms with Crippen molar-refractivity contribution in [1.29, 1.82) is 0 Å². The molecule has 1 aliphatic rings. The third-order valence-electron chi connectivity index (χ3n) is 3.06. The fourth-order valence-electron chi connectivity index (χ4n) is 2.17. The molecule has 2 aromatic carbocycles. The number of carbonyl (C=O) groups is 2. The largest absolute Gasteiger partial charge is 0.288 e. The molecule has 1 aliphatic heterocycles. The maximum absolute atomic E-state index is 11.9. The van der Waals surface area contributed by atoms with Crippen LogP contribution in [-0.2, 0) is 0 Å². The highest BCUT2D eigenvalue weighted by Gasteiger charge is 2.30. The van der Waals surface area contributed by atoms with E-state index in [1.54, 1.807) is 24.3 Å². The van der Waals surface area contributed by atoms with Gasteiger partial charge in [0.1, 0.15) is 0 Å². The van der Waals surface area contributed by atoms with E-state index in [1.807, 2.05) is 0 Å². The molecule has 2 aromatic rings. The zero-order valence-electron chi connectivity index (χ0n) is 9.84. The molecule has 0 radical (unpaired) electrons. The van der Waals surface area contributed by atoms with Crippen molar-refractivity contribution in [3.8, 4) is 11.1 Å². The molecule has 3 rings (SSSR count). The van der Waals surface area contributed by atoms with Gasteiger partial charge in [0.05, 0.1) is 26.2 Å². The Kier molecular flexibility index (Phi) is 3.21. The Morgan fingerprint density at radius 1 is 0.750 bits per heavy atom. The minimum atomic E-state index is -0.442. The van der Waals surface area contributed by atoms with Crippen LogP contribution < -0.4 is 5.32 Å². The first kappa shape index (κ1) is 13.4. The van der Waals surface area contributed by atoms with Gasteiger partial charge in [-0.15, -0.1) is 0 Å². The van der Waals surface area contributed by atoms with Crippen LogP contribution in [0.5, 0.6) is 0 Å². The Labute approximate surface area is 129 Å². The van der Waals surface area contributed by atoms with E-state index in [0.29, 0.717) is 37.3 Å². The number of carbonyl (C=O) groups excluding carboxylic acids is 2. The van der Waals surface area contributed by atoms with Gasteiger partial charge in [0.2, 0.25) is 0 Å². The van der Waals surface area contributed by atoms with Crippen molar-refractivity contribution in [2.24, 2.45) is 0 Å². The zero-order chi connectivity index (χ0) is 14.4. The normalized spacial score (nSPS) is 13.3. The molecule has 0 unspecified atom stereocenters. The average Bonchev–Trinajstić information content (AvgIpc) is 2.70. The summed E-state index contributed by atoms with van der Waals surface area (Å²) in [7, 11) is 0. The predicted molar refractivity (Wildman–Crippen MR) is 78.7 cm³/mol. The Hall–Kier alpha value is -1.55. The molecule has 0 atom stereocenters. The fourth-order valence-corrected chi connectivity index (χ4v) is 2.82. The third kappa shape index (κ3) is 1.99. The van der Waals surface area contributed by atoms with Crippen LogP contribution in [-0.4, -0.2) is 11.8 Å². The lowest BCUT2D eigenvalue weighted by atomic mass is 9.96. The molecule has 0 spiro atoms. The molecule has 1 heterocycles. The Bertz CT molecular complexity index is 771. The van der Waals surface area contributed by atoms with Crippen molar-refractivity contribution >= 4 is 46.6 Å². The summed E-state index contributed by atoms with van der Waals surface area (Å²) in [6.45, 7) is 0. The molecule has 0 aromatic heterocycles. The van der Waals surface area contributed by atoms with Crippen molar-refractivity contribution in [3.05, 3.63) is 56.5 Å². The number of nitrogens with one attached hydrogen (secondary N) is 1. The van der Waals surface area contributed by atoms with Crippen LogP contribution in [0.1, 0.15) is 20.7 Å². The van der Waals surface area contributed by atoms with Crippen LogP contribution in [0.3, 0.4) is 0 Å². The summed E-state index contributed by atoms with van der Waals surface area (Å²) in [4.78, 5) is 23.6. The van der Waals surface area contributed by atoms with Gasteiger partial charge in [-0.2, -0.15) is 0 Å². The number of rotatable bonds is 1. The number of amides is 2. The van der Waals surface area contributed by atoms with Gasteiger partial charge in [-0.3, -0.25) is 14.9 Å². The van der Waals surface area contributed by atoms with Crippen LogP contribution in [0, 0.1) is 0 Å². The van der Waals surface area contributed by atoms with Crippen LogP contribution in [0.15, 0.2) is 30.3 Å². The van der Waals surface area contributed by atoms with E-state index in [9.17, 15) is 9.59 Å². The summed E-state index contributed by atoms with van der Waals surface area (Å²) in [6, 6.07) is 8.07.